The molecule has 8 rings (SSSR count). The van der Waals surface area contributed by atoms with Crippen LogP contribution >= 0.6 is 22.7 Å². The third-order valence-electron chi connectivity index (χ3n) is 13.1. The number of aliphatic hydroxyl groups is 1. The van der Waals surface area contributed by atoms with Gasteiger partial charge in [0.1, 0.15) is 12.1 Å². The lowest BCUT2D eigenvalue weighted by Crippen LogP contribution is -2.63. The van der Waals surface area contributed by atoms with Crippen LogP contribution in [0.3, 0.4) is 0 Å². The average molecular weight is 1050 g/mol. The molecule has 6 N–H and O–H groups in total. The Morgan fingerprint density at radius 3 is 2.33 bits per heavy atom. The van der Waals surface area contributed by atoms with Crippen molar-refractivity contribution in [2.24, 2.45) is 11.3 Å². The summed E-state index contributed by atoms with van der Waals surface area (Å²) in [6.45, 7) is 7.42. The molecule has 0 saturated carbocycles. The van der Waals surface area contributed by atoms with Crippen LogP contribution in [0.4, 0.5) is 9.93 Å². The number of hydrogen-bond acceptors (Lipinski definition) is 13. The topological polar surface area (TPSA) is 254 Å². The Kier molecular flexibility index (Phi) is 15.5. The molecule has 2 aromatic carbocycles. The largest absolute Gasteiger partial charge is 0.391 e. The highest BCUT2D eigenvalue weighted by Gasteiger charge is 2.46. The van der Waals surface area contributed by atoms with Gasteiger partial charge in [-0.25, -0.2) is 23.2 Å². The Bertz CT molecular complexity index is 3060. The van der Waals surface area contributed by atoms with Crippen LogP contribution in [0.1, 0.15) is 66.5 Å². The minimum atomic E-state index is -3.59. The van der Waals surface area contributed by atoms with E-state index >= 15 is 0 Å². The molecule has 2 aliphatic heterocycles. The molecule has 2 saturated heterocycles. The second-order valence-electron chi connectivity index (χ2n) is 19.7. The maximum atomic E-state index is 14.3. The lowest BCUT2D eigenvalue weighted by molar-refractivity contribution is -0.142. The molecule has 5 aromatic rings. The number of likely N-dealkylation sites (tertiary alicyclic amines) is 2. The Morgan fingerprint density at radius 2 is 1.66 bits per heavy atom. The van der Waals surface area contributed by atoms with Gasteiger partial charge in [0.05, 0.1) is 57.6 Å². The lowest BCUT2D eigenvalue weighted by atomic mass is 9.74. The van der Waals surface area contributed by atoms with Crippen LogP contribution in [0.25, 0.3) is 16.0 Å². The lowest BCUT2D eigenvalue weighted by Gasteiger charge is -2.41. The van der Waals surface area contributed by atoms with Crippen LogP contribution in [-0.2, 0) is 41.2 Å². The molecule has 73 heavy (non-hydrogen) atoms. The summed E-state index contributed by atoms with van der Waals surface area (Å²) in [5.74, 6) is -2.94. The van der Waals surface area contributed by atoms with E-state index in [1.807, 2.05) is 79.7 Å². The van der Waals surface area contributed by atoms with Crippen molar-refractivity contribution in [2.75, 3.05) is 44.3 Å². The molecule has 384 valence electrons. The van der Waals surface area contributed by atoms with Crippen molar-refractivity contribution < 1.29 is 42.3 Å². The number of amides is 7. The summed E-state index contributed by atoms with van der Waals surface area (Å²) in [4.78, 5) is 94.1. The summed E-state index contributed by atoms with van der Waals surface area (Å²) in [5, 5.41) is 26.9. The second kappa shape index (κ2) is 21.6. The first-order valence-electron chi connectivity index (χ1n) is 23.6. The number of carbonyl (C=O) groups is 6. The van der Waals surface area contributed by atoms with Gasteiger partial charge < -0.3 is 41.5 Å². The first-order chi connectivity index (χ1) is 34.7. The summed E-state index contributed by atoms with van der Waals surface area (Å²) in [6.07, 6.45) is 8.85. The van der Waals surface area contributed by atoms with Gasteiger partial charge in [0, 0.05) is 56.9 Å². The van der Waals surface area contributed by atoms with Crippen LogP contribution < -0.4 is 26.6 Å². The number of allylic oxidation sites excluding steroid dienone is 3. The number of urea groups is 1. The molecule has 0 spiro atoms. The molecule has 3 aliphatic rings. The van der Waals surface area contributed by atoms with E-state index < -0.39 is 81.2 Å². The zero-order valence-electron chi connectivity index (χ0n) is 41.0. The predicted octanol–water partition coefficient (Wildman–Crippen LogP) is 4.28. The van der Waals surface area contributed by atoms with Crippen molar-refractivity contribution in [1.29, 1.82) is 0 Å². The molecule has 19 nitrogen and oxygen atoms in total. The molecule has 0 bridgehead atoms. The first kappa shape index (κ1) is 52.3. The number of rotatable bonds is 16. The van der Waals surface area contributed by atoms with Crippen LogP contribution in [-0.4, -0.2) is 130 Å². The second-order valence-corrected chi connectivity index (χ2v) is 23.3. The summed E-state index contributed by atoms with van der Waals surface area (Å²) in [7, 11) is -3.59. The molecule has 0 radical (unpaired) electrons. The number of aromatic nitrogens is 3. The Labute approximate surface area is 431 Å². The molecule has 5 heterocycles. The van der Waals surface area contributed by atoms with Crippen molar-refractivity contribution >= 4 is 79.0 Å². The number of nitrogens with one attached hydrogen (secondary N) is 5. The summed E-state index contributed by atoms with van der Waals surface area (Å²) in [6, 6.07) is 16.4. The van der Waals surface area contributed by atoms with Crippen LogP contribution in [0.5, 0.6) is 0 Å². The van der Waals surface area contributed by atoms with Gasteiger partial charge >= 0.3 is 6.03 Å². The zero-order chi connectivity index (χ0) is 52.2. The summed E-state index contributed by atoms with van der Waals surface area (Å²) in [5.41, 5.74) is 5.63. The van der Waals surface area contributed by atoms with Gasteiger partial charge in [-0.3, -0.25) is 27.9 Å². The fourth-order valence-electron chi connectivity index (χ4n) is 8.94. The highest BCUT2D eigenvalue weighted by Crippen LogP contribution is 2.40. The van der Waals surface area contributed by atoms with Crippen molar-refractivity contribution in [2.45, 2.75) is 70.7 Å². The van der Waals surface area contributed by atoms with E-state index in [-0.39, 0.29) is 55.7 Å². The van der Waals surface area contributed by atoms with Gasteiger partial charge in [-0.1, -0.05) is 93.6 Å². The SMILES string of the molecule is Cc1ncsc1-c1ccc(CNC(=O)[C@@H]2C[C@@H](O)CN2C(=O)C(NC(=O)N2CC(C(=O)NCC3(c4csc(NC(=O)CNC(=O)c5ccn(S(C)(=O)=O)c5)n4)C=CC=C(c4ccccc4)C3)C2)C(C)(C)C)cc1. The van der Waals surface area contributed by atoms with E-state index in [0.717, 1.165) is 49.3 Å². The molecule has 3 aromatic heterocycles. The number of thiazole rings is 2. The first-order valence-corrected chi connectivity index (χ1v) is 27.2. The predicted molar refractivity (Wildman–Crippen MR) is 278 cm³/mol. The molecule has 4 atom stereocenters. The quantitative estimate of drug-likeness (QED) is 0.0814. The Balaban J connectivity index is 0.864. The smallest absolute Gasteiger partial charge is 0.318 e. The average Bonchev–Trinajstić information content (AvgIpc) is 4.19. The zero-order valence-corrected chi connectivity index (χ0v) is 43.4. The number of aryl methyl sites for hydroxylation is 1. The van der Waals surface area contributed by atoms with Gasteiger partial charge in [-0.2, -0.15) is 0 Å². The monoisotopic (exact) mass is 1050 g/mol. The van der Waals surface area contributed by atoms with E-state index in [4.69, 9.17) is 4.98 Å². The van der Waals surface area contributed by atoms with Crippen molar-refractivity contribution in [3.05, 3.63) is 130 Å². The van der Waals surface area contributed by atoms with Crippen molar-refractivity contribution in [1.82, 2.24) is 45.0 Å². The number of benzene rings is 2. The number of nitrogens with zero attached hydrogens (tertiary/aromatic N) is 5. The highest BCUT2D eigenvalue weighted by molar-refractivity contribution is 7.89. The number of β-amino-alcohol motifs (C(OH)–C–C–N with tert-alkyl or cyclic N) is 1. The molecule has 2 fully saturated rings. The fourth-order valence-corrected chi connectivity index (χ4v) is 11.2. The summed E-state index contributed by atoms with van der Waals surface area (Å²) < 4.78 is 24.5. The molecule has 22 heteroatoms. The highest BCUT2D eigenvalue weighted by atomic mass is 32.2. The number of hydrogen-bond donors (Lipinski definition) is 6. The minimum Gasteiger partial charge on any atom is -0.391 e. The molecular weight excluding hydrogens is 993 g/mol. The number of anilines is 1. The fraction of sp³-hybridized carbons (Fsp3) is 0.373. The van der Waals surface area contributed by atoms with Gasteiger partial charge in [0.25, 0.3) is 5.91 Å². The van der Waals surface area contributed by atoms with Gasteiger partial charge in [0.2, 0.25) is 33.7 Å². The summed E-state index contributed by atoms with van der Waals surface area (Å²) >= 11 is 2.73. The van der Waals surface area contributed by atoms with E-state index in [9.17, 15) is 42.3 Å². The van der Waals surface area contributed by atoms with E-state index in [1.165, 1.54) is 33.4 Å². The van der Waals surface area contributed by atoms with Crippen LogP contribution in [0, 0.1) is 18.3 Å². The molecule has 2 unspecified atom stereocenters. The van der Waals surface area contributed by atoms with Crippen LogP contribution in [0.15, 0.2) is 102 Å². The maximum absolute atomic E-state index is 14.3. The van der Waals surface area contributed by atoms with Crippen molar-refractivity contribution in [3.63, 3.8) is 0 Å². The number of carbonyl (C=O) groups excluding carboxylic acids is 6. The van der Waals surface area contributed by atoms with Gasteiger partial charge in [-0.05, 0) is 47.1 Å². The standard InChI is InChI=1S/C51H58N10O9S3/c1-31-42(72-30-55-31)34-15-13-32(14-16-34)22-52-46(66)39-20-38(62)27-61(39)47(67)43(50(2,3)4)58-49(68)59-24-37(25-59)45(65)54-29-51(18-9-12-35(21-51)33-10-7-6-8-11-33)40-28-71-48(56-40)57-41(63)23-53-44(64)36-17-19-60(26-36)73(5,69)70/h6-19,26,28,30,37-39,43,62H,20-25,27,29H2,1-5H3,(H,52,66)(H,53,64)(H,54,65)(H,58,68)(H,56,57,63)/t38-,39+,43?,51?/m1/s1. The van der Waals surface area contributed by atoms with Gasteiger partial charge in [0.15, 0.2) is 5.13 Å². The molecule has 1 aliphatic carbocycles. The Morgan fingerprint density at radius 1 is 0.918 bits per heavy atom. The maximum Gasteiger partial charge on any atom is 0.318 e. The van der Waals surface area contributed by atoms with E-state index in [1.54, 1.807) is 43.0 Å². The third-order valence-corrected chi connectivity index (χ3v) is 15.9. The van der Waals surface area contributed by atoms with Crippen LogP contribution in [0.2, 0.25) is 0 Å². The third kappa shape index (κ3) is 12.3. The number of aliphatic hydroxyl groups excluding tert-OH is 1. The van der Waals surface area contributed by atoms with E-state index in [0.29, 0.717) is 12.1 Å². The van der Waals surface area contributed by atoms with Crippen molar-refractivity contribution in [3.8, 4) is 10.4 Å². The molecular formula is C51H58N10O9S3. The van der Waals surface area contributed by atoms with E-state index in [2.05, 4.69) is 31.6 Å². The molecule has 7 amide bonds. The minimum absolute atomic E-state index is 0.0478. The Hall–Kier alpha value is -7.01. The normalized spacial score (nSPS) is 19.3. The van der Waals surface area contributed by atoms with Gasteiger partial charge in [-0.15, -0.1) is 22.7 Å².